The van der Waals surface area contributed by atoms with Gasteiger partial charge < -0.3 is 23.6 Å². The van der Waals surface area contributed by atoms with E-state index < -0.39 is 32.4 Å². The van der Waals surface area contributed by atoms with Crippen LogP contribution in [0.3, 0.4) is 0 Å². The molecule has 0 bridgehead atoms. The quantitative estimate of drug-likeness (QED) is 0.273. The molecule has 0 spiro atoms. The van der Waals surface area contributed by atoms with Crippen LogP contribution in [0, 0.1) is 5.82 Å². The first-order valence-electron chi connectivity index (χ1n) is 9.59. The maximum Gasteiger partial charge on any atom is 1.00 e. The predicted molar refractivity (Wildman–Crippen MR) is 110 cm³/mol. The van der Waals surface area contributed by atoms with Gasteiger partial charge >= 0.3 is 65.2 Å². The number of guanidine groups is 1. The van der Waals surface area contributed by atoms with Crippen LogP contribution in [0.15, 0.2) is 41.5 Å². The van der Waals surface area contributed by atoms with Crippen molar-refractivity contribution in [2.24, 2.45) is 4.99 Å². The van der Waals surface area contributed by atoms with E-state index in [0.717, 1.165) is 11.0 Å². The fourth-order valence-corrected chi connectivity index (χ4v) is 3.50. The monoisotopic (exact) mass is 525 g/mol. The van der Waals surface area contributed by atoms with E-state index in [1.807, 2.05) is 0 Å². The SMILES string of the molecule is CN1NNC(=Nc2ccc(-c3ccc(N4C[C@H](COP(=O)([O-])[O-])OC4=O)cc3F)cn2)N1C.[Na+].[Na+]. The molecule has 1 aromatic heterocycles. The normalized spacial score (nSPS) is 19.3. The molecule has 0 aliphatic carbocycles. The van der Waals surface area contributed by atoms with Gasteiger partial charge in [-0.05, 0) is 30.3 Å². The van der Waals surface area contributed by atoms with Gasteiger partial charge in [-0.3, -0.25) is 15.3 Å². The van der Waals surface area contributed by atoms with Gasteiger partial charge in [-0.25, -0.2) is 14.2 Å². The number of pyridine rings is 1. The number of phosphoric acid groups is 1. The number of benzene rings is 1. The number of nitrogens with one attached hydrogen (secondary N) is 2. The van der Waals surface area contributed by atoms with Gasteiger partial charge in [-0.15, -0.1) is 10.7 Å². The number of nitrogens with zero attached hydrogens (tertiary/aromatic N) is 5. The number of halogens is 1. The van der Waals surface area contributed by atoms with Gasteiger partial charge in [0.25, 0.3) is 0 Å². The fourth-order valence-electron chi connectivity index (χ4n) is 3.15. The molecule has 0 unspecified atom stereocenters. The summed E-state index contributed by atoms with van der Waals surface area (Å²) in [6.07, 6.45) is -0.304. The minimum atomic E-state index is -5.19. The summed E-state index contributed by atoms with van der Waals surface area (Å²) in [4.78, 5) is 43.0. The van der Waals surface area contributed by atoms with Crippen molar-refractivity contribution in [2.45, 2.75) is 6.10 Å². The summed E-state index contributed by atoms with van der Waals surface area (Å²) >= 11 is 0. The molecule has 2 aliphatic heterocycles. The average molecular weight is 525 g/mol. The van der Waals surface area contributed by atoms with Gasteiger partial charge in [0.1, 0.15) is 11.9 Å². The molecule has 176 valence electrons. The molecule has 13 nitrogen and oxygen atoms in total. The molecule has 0 saturated carbocycles. The second-order valence-corrected chi connectivity index (χ2v) is 8.30. The van der Waals surface area contributed by atoms with Crippen LogP contribution in [0.25, 0.3) is 11.1 Å². The minimum absolute atomic E-state index is 0. The van der Waals surface area contributed by atoms with Gasteiger partial charge in [-0.1, -0.05) is 0 Å². The number of carbonyl (C=O) groups is 1. The molecule has 2 saturated heterocycles. The summed E-state index contributed by atoms with van der Waals surface area (Å²) in [6, 6.07) is 7.45. The van der Waals surface area contributed by atoms with Crippen LogP contribution in [-0.2, 0) is 13.8 Å². The number of hydrogen-bond donors (Lipinski definition) is 2. The molecule has 1 atom stereocenters. The van der Waals surface area contributed by atoms with Gasteiger partial charge in [0.05, 0.1) is 26.7 Å². The molecule has 2 aliphatic rings. The van der Waals surface area contributed by atoms with E-state index in [0.29, 0.717) is 17.3 Å². The number of ether oxygens (including phenoxy) is 1. The van der Waals surface area contributed by atoms with Crippen LogP contribution < -0.4 is 84.8 Å². The molecule has 2 N–H and O–H groups in total. The Morgan fingerprint density at radius 1 is 1.29 bits per heavy atom. The smallest absolute Gasteiger partial charge is 0.790 e. The summed E-state index contributed by atoms with van der Waals surface area (Å²) in [5, 5.41) is 3.41. The van der Waals surface area contributed by atoms with E-state index >= 15 is 0 Å². The van der Waals surface area contributed by atoms with Crippen LogP contribution in [0.5, 0.6) is 0 Å². The summed E-state index contributed by atoms with van der Waals surface area (Å²) in [7, 11) is -1.59. The minimum Gasteiger partial charge on any atom is -0.790 e. The van der Waals surface area contributed by atoms with Gasteiger partial charge in [0.2, 0.25) is 5.96 Å². The van der Waals surface area contributed by atoms with E-state index in [2.05, 4.69) is 25.5 Å². The number of hydrazine groups is 3. The Balaban J connectivity index is 0.00000216. The zero-order chi connectivity index (χ0) is 23.8. The molecular weight excluding hydrogens is 506 g/mol. The average Bonchev–Trinajstić information content (AvgIpc) is 3.29. The van der Waals surface area contributed by atoms with Crippen LogP contribution >= 0.6 is 7.82 Å². The number of cyclic esters (lactones) is 1. The summed E-state index contributed by atoms with van der Waals surface area (Å²) in [6.45, 7) is -0.701. The molecular formula is C18H19FN7Na2O6P. The number of carbonyl (C=O) groups excluding carboxylic acids is 1. The third-order valence-electron chi connectivity index (χ3n) is 4.92. The predicted octanol–water partition coefficient (Wildman–Crippen LogP) is -6.14. The zero-order valence-electron chi connectivity index (χ0n) is 19.5. The maximum atomic E-state index is 14.8. The largest absolute Gasteiger partial charge is 1.00 e. The first kappa shape index (κ1) is 30.1. The van der Waals surface area contributed by atoms with Crippen molar-refractivity contribution in [1.82, 2.24) is 26.1 Å². The van der Waals surface area contributed by atoms with E-state index in [9.17, 15) is 23.5 Å². The van der Waals surface area contributed by atoms with Crippen molar-refractivity contribution in [2.75, 3.05) is 32.1 Å². The third-order valence-corrected chi connectivity index (χ3v) is 5.39. The van der Waals surface area contributed by atoms with Crippen LogP contribution in [0.1, 0.15) is 0 Å². The van der Waals surface area contributed by atoms with Crippen molar-refractivity contribution in [3.05, 3.63) is 42.3 Å². The van der Waals surface area contributed by atoms with E-state index in [1.165, 1.54) is 18.3 Å². The van der Waals surface area contributed by atoms with Crippen molar-refractivity contribution in [1.29, 1.82) is 0 Å². The van der Waals surface area contributed by atoms with Crippen molar-refractivity contribution < 1.29 is 91.9 Å². The van der Waals surface area contributed by atoms with Crippen molar-refractivity contribution in [3.8, 4) is 11.1 Å². The summed E-state index contributed by atoms with van der Waals surface area (Å²) < 4.78 is 34.5. The second kappa shape index (κ2) is 12.4. The maximum absolute atomic E-state index is 14.8. The Hall–Kier alpha value is -1.13. The Bertz CT molecular complexity index is 1140. The molecule has 4 rings (SSSR count). The molecule has 17 heteroatoms. The molecule has 3 heterocycles. The van der Waals surface area contributed by atoms with Crippen LogP contribution in [0.4, 0.5) is 20.7 Å². The topological polar surface area (TPSA) is 158 Å². The van der Waals surface area contributed by atoms with E-state index in [-0.39, 0.29) is 76.9 Å². The van der Waals surface area contributed by atoms with Gasteiger partial charge in [-0.2, -0.15) is 4.99 Å². The number of amides is 1. The second-order valence-electron chi connectivity index (χ2n) is 7.15. The van der Waals surface area contributed by atoms with Crippen LogP contribution in [0.2, 0.25) is 0 Å². The first-order chi connectivity index (χ1) is 15.6. The summed E-state index contributed by atoms with van der Waals surface area (Å²) in [5.41, 5.74) is 6.69. The number of anilines is 1. The van der Waals surface area contributed by atoms with Crippen molar-refractivity contribution >= 4 is 31.4 Å². The fraction of sp³-hybridized carbons (Fsp3) is 0.278. The third kappa shape index (κ3) is 7.44. The van der Waals surface area contributed by atoms with Crippen LogP contribution in [-0.4, -0.2) is 60.5 Å². The first-order valence-corrected chi connectivity index (χ1v) is 11.1. The Labute approximate surface area is 244 Å². The Morgan fingerprint density at radius 2 is 2.03 bits per heavy atom. The van der Waals surface area contributed by atoms with E-state index in [4.69, 9.17) is 4.74 Å². The molecule has 2 fully saturated rings. The Morgan fingerprint density at radius 3 is 2.60 bits per heavy atom. The number of phosphoric ester groups is 1. The van der Waals surface area contributed by atoms with Gasteiger partial charge in [0, 0.05) is 31.4 Å². The molecule has 35 heavy (non-hydrogen) atoms. The molecule has 1 amide bonds. The number of aliphatic imine (C=N–C) groups is 1. The Kier molecular flexibility index (Phi) is 10.7. The molecule has 1 aromatic carbocycles. The van der Waals surface area contributed by atoms with Gasteiger partial charge in [0.15, 0.2) is 5.82 Å². The standard InChI is InChI=1S/C18H21FN7O6P.2Na/c1-24-17(22-23-25(24)2)21-16-6-3-11(8-20-16)14-5-4-12(7-15(14)19)26-9-13(32-18(26)27)10-31-33(28,29)30;;/h3-8,13,23H,9-10H2,1-2H3,(H,20,21,22)(H2,28,29,30);;/q;2*+1/p-2/t13-;;/m1../s1. The molecule has 2 aromatic rings. The zero-order valence-corrected chi connectivity index (χ0v) is 24.4. The number of rotatable bonds is 6. The van der Waals surface area contributed by atoms with E-state index in [1.54, 1.807) is 36.4 Å². The van der Waals surface area contributed by atoms with Crippen molar-refractivity contribution in [3.63, 3.8) is 0 Å². The summed E-state index contributed by atoms with van der Waals surface area (Å²) in [5.74, 6) is 0.339. The molecule has 0 radical (unpaired) electrons. The number of aromatic nitrogens is 1. The number of hydrogen-bond acceptors (Lipinski definition) is 10.